The van der Waals surface area contributed by atoms with Crippen molar-refractivity contribution in [3.05, 3.63) is 237 Å². The SMILES string of the molecule is Brc1cnc(Br)[nH]1.CC(C)(C)c1cc(-c2ncc(-c3ccc(C(=O)N4CCC(O)CC4)cc3Cl)[nH]2)ccn1.CC(C)(C)c1cc(B2OC(C)(C)C(C)(C)O2)ccn1.COCCl.COCn1cc(-c2ccc(C(=O)O)cc2Cl)nc1-c1ccnc(C(C)(C)C)c1.COCn1cc(Br)nc1-c1ccnc(C(C)(C)C)c1.COCn1cc(Br)nc1Br.Cl.O=C(O)c1ccc(B(O)O)c(Cl)c1.OC1CCNCC1. The number of likely N-dealkylation sites (tertiary alicyclic amines) is 1. The van der Waals surface area contributed by atoms with Crippen LogP contribution in [0.1, 0.15) is 190 Å². The van der Waals surface area contributed by atoms with Gasteiger partial charge in [0.2, 0.25) is 0 Å². The summed E-state index contributed by atoms with van der Waals surface area (Å²) in [7, 11) is 4.48. The van der Waals surface area contributed by atoms with Crippen molar-refractivity contribution in [1.29, 1.82) is 0 Å². The maximum atomic E-state index is 12.8. The van der Waals surface area contributed by atoms with E-state index in [-0.39, 0.29) is 92.1 Å². The van der Waals surface area contributed by atoms with E-state index in [1.807, 2.05) is 87.2 Å². The Hall–Kier alpha value is -7.74. The molecule has 15 rings (SSSR count). The van der Waals surface area contributed by atoms with E-state index in [1.54, 1.807) is 76.3 Å². The number of H-pyrrole nitrogens is 2. The number of carbonyl (C=O) groups is 3. The molecule has 3 fully saturated rings. The number of ether oxygens (including phenoxy) is 4. The number of halogens is 10. The number of nitrogens with one attached hydrogen (secondary N) is 3. The zero-order valence-corrected chi connectivity index (χ0v) is 93.1. The molecule has 3 aromatic carbocycles. The van der Waals surface area contributed by atoms with Crippen molar-refractivity contribution in [2.45, 2.75) is 202 Å². The first-order chi connectivity index (χ1) is 64.7. The number of methoxy groups -OCH3 is 4. The van der Waals surface area contributed by atoms with Crippen LogP contribution in [0.15, 0.2) is 182 Å². The van der Waals surface area contributed by atoms with Gasteiger partial charge >= 0.3 is 26.2 Å². The Labute approximate surface area is 881 Å². The van der Waals surface area contributed by atoms with Gasteiger partial charge in [-0.05, 0) is 237 Å². The van der Waals surface area contributed by atoms with E-state index in [4.69, 9.17) is 100 Å². The van der Waals surface area contributed by atoms with Crippen LogP contribution in [0.25, 0.3) is 56.7 Å². The Morgan fingerprint density at radius 2 is 0.935 bits per heavy atom. The van der Waals surface area contributed by atoms with Crippen molar-refractivity contribution in [2.75, 3.05) is 60.7 Å². The van der Waals surface area contributed by atoms with Crippen LogP contribution in [0.5, 0.6) is 0 Å². The van der Waals surface area contributed by atoms with Gasteiger partial charge < -0.3 is 92.6 Å². The van der Waals surface area contributed by atoms with E-state index < -0.39 is 19.1 Å². The fraction of sp³-hybridized carbons (Fsp3) is 0.417. The third-order valence-corrected chi connectivity index (χ3v) is 24.6. The second-order valence-corrected chi connectivity index (χ2v) is 42.2. The van der Waals surface area contributed by atoms with Gasteiger partial charge in [0.25, 0.3) is 5.91 Å². The lowest BCUT2D eigenvalue weighted by molar-refractivity contribution is 0.00578. The van der Waals surface area contributed by atoms with Gasteiger partial charge in [-0.25, -0.2) is 34.5 Å². The molecule has 0 saturated carbocycles. The van der Waals surface area contributed by atoms with Crippen molar-refractivity contribution in [3.8, 4) is 56.7 Å². The van der Waals surface area contributed by atoms with Gasteiger partial charge in [-0.3, -0.25) is 24.7 Å². The van der Waals surface area contributed by atoms with E-state index in [1.165, 1.54) is 30.3 Å². The highest BCUT2D eigenvalue weighted by atomic mass is 79.9. The number of aromatic nitrogens is 14. The van der Waals surface area contributed by atoms with Crippen molar-refractivity contribution in [2.24, 2.45) is 0 Å². The highest BCUT2D eigenvalue weighted by molar-refractivity contribution is 9.11. The number of aliphatic hydroxyl groups is 2. The average molecular weight is 2340 g/mol. The number of benzene rings is 3. The molecule has 752 valence electrons. The molecular formula is C96H122B2Br5Cl5N16O15. The quantitative estimate of drug-likeness (QED) is 0.0302. The second-order valence-electron chi connectivity index (χ2n) is 36.9. The number of carbonyl (C=O) groups excluding carboxylic acids is 1. The summed E-state index contributed by atoms with van der Waals surface area (Å²) in [6, 6.07) is 29.9. The molecule has 12 aromatic rings. The summed E-state index contributed by atoms with van der Waals surface area (Å²) in [5.74, 6) is 0.152. The molecule has 3 aliphatic rings. The van der Waals surface area contributed by atoms with Gasteiger partial charge in [0.15, 0.2) is 9.47 Å². The fourth-order valence-electron chi connectivity index (χ4n) is 12.9. The number of carboxylic acids is 2. The molecule has 0 aliphatic carbocycles. The number of rotatable bonds is 17. The maximum Gasteiger partial charge on any atom is 0.494 e. The van der Waals surface area contributed by atoms with E-state index in [0.29, 0.717) is 79.1 Å². The number of carboxylic acid groups (broad SMARTS) is 2. The molecule has 1 amide bonds. The fourth-order valence-corrected chi connectivity index (χ4v) is 16.1. The van der Waals surface area contributed by atoms with E-state index in [0.717, 1.165) is 123 Å². The summed E-state index contributed by atoms with van der Waals surface area (Å²) < 4.78 is 41.5. The number of aliphatic hydroxyl groups excluding tert-OH is 2. The summed E-state index contributed by atoms with van der Waals surface area (Å²) in [5.41, 5.74) is 11.0. The highest BCUT2D eigenvalue weighted by Crippen LogP contribution is 2.39. The Kier molecular flexibility index (Phi) is 47.8. The third-order valence-electron chi connectivity index (χ3n) is 21.3. The van der Waals surface area contributed by atoms with Crippen LogP contribution in [-0.2, 0) is 70.1 Å². The van der Waals surface area contributed by atoms with Crippen molar-refractivity contribution >= 4 is 181 Å². The average Bonchev–Trinajstić information content (AvgIpc) is 1.62. The van der Waals surface area contributed by atoms with Crippen LogP contribution in [0.2, 0.25) is 15.1 Å². The van der Waals surface area contributed by atoms with Crippen LogP contribution in [0, 0.1) is 0 Å². The summed E-state index contributed by atoms with van der Waals surface area (Å²) in [5, 5.41) is 57.7. The van der Waals surface area contributed by atoms with Gasteiger partial charge in [0.1, 0.15) is 57.5 Å². The number of alkyl halides is 1. The predicted molar refractivity (Wildman–Crippen MR) is 568 cm³/mol. The largest absolute Gasteiger partial charge is 0.494 e. The minimum Gasteiger partial charge on any atom is -0.478 e. The zero-order chi connectivity index (χ0) is 103. The number of pyridine rings is 4. The van der Waals surface area contributed by atoms with Gasteiger partial charge in [-0.1, -0.05) is 148 Å². The van der Waals surface area contributed by atoms with Gasteiger partial charge in [0.05, 0.1) is 68.4 Å². The summed E-state index contributed by atoms with van der Waals surface area (Å²) in [6.45, 7) is 38.3. The van der Waals surface area contributed by atoms with Crippen molar-refractivity contribution in [3.63, 3.8) is 0 Å². The standard InChI is InChI=1S/C24H27ClN4O2.C21H22ClN3O3.C15H24BNO2.C14H18BrN3O.C7H6BClO4.C5H6Br2N2O.C5H11NO.C3H2Br2N2.C2H5ClO.ClH/c1-24(2,3)21-13-15(6-9-26-21)22-27-14-20(28-22)18-5-4-16(12-19(18)25)23(31)29-10-7-17(30)8-11-29;1-21(2,3)18-10-13(7-8-23-18)19-24-17(11-25(19)12-28-4)15-6-5-14(20(26)27)9-16(15)22;1-13(2,3)12-10-11(8-9-17-12)16-18-14(4,5)15(6,7)19-16;1-14(2,3)11-7-10(5-6-16-11)13-17-12(15)8-18(13)9-19-4;9-6-3-4(7(10)11)1-2-5(6)8(12)13;1-10-3-9-2-4(6)8-5(9)7;7-5-1-3-6-4-2-5;4-2-1-6-3(5)7-2;1-4-2-3;/h4-6,9,12-14,17,30H,7-8,10-11H2,1-3H3,(H,27,28);5-11H,12H2,1-4H3,(H,26,27);8-10H,1-7H3;5-8H,9H2,1-4H3;1-3,12-13H,(H,10,11);2H,3H2,1H3;5-7H,1-4H2;1H,(H,6,7);2H2,1H3;1H. The Bertz CT molecular complexity index is 5900. The number of aromatic carboxylic acids is 2. The first-order valence-electron chi connectivity index (χ1n) is 43.6. The van der Waals surface area contributed by atoms with Crippen molar-refractivity contribution in [1.82, 2.24) is 78.7 Å². The minimum absolute atomic E-state index is 0. The number of amides is 1. The summed E-state index contributed by atoms with van der Waals surface area (Å²) in [4.78, 5) is 81.8. The third kappa shape index (κ3) is 37.1. The van der Waals surface area contributed by atoms with Gasteiger partial charge in [0, 0.05) is 173 Å². The Morgan fingerprint density at radius 3 is 1.36 bits per heavy atom. The number of nitrogens with zero attached hydrogens (tertiary/aromatic N) is 13. The van der Waals surface area contributed by atoms with Crippen LogP contribution in [-0.4, -0.2) is 220 Å². The maximum absolute atomic E-state index is 12.8. The van der Waals surface area contributed by atoms with Crippen LogP contribution >= 0.6 is 138 Å². The second kappa shape index (κ2) is 55.4. The van der Waals surface area contributed by atoms with Crippen molar-refractivity contribution < 1.29 is 73.1 Å². The molecule has 9 aromatic heterocycles. The monoisotopic (exact) mass is 2330 g/mol. The normalized spacial score (nSPS) is 14.0. The number of hydrogen-bond donors (Lipinski definition) is 9. The number of imidazole rings is 5. The lowest BCUT2D eigenvalue weighted by atomic mass is 9.77. The van der Waals surface area contributed by atoms with Crippen LogP contribution in [0.3, 0.4) is 0 Å². The zero-order valence-electron chi connectivity index (χ0n) is 81.3. The molecule has 12 heterocycles. The van der Waals surface area contributed by atoms with Gasteiger partial charge in [-0.15, -0.1) is 12.4 Å². The van der Waals surface area contributed by atoms with Crippen LogP contribution < -0.4 is 16.2 Å². The Morgan fingerprint density at radius 1 is 0.511 bits per heavy atom. The minimum atomic E-state index is -1.68. The molecule has 3 aliphatic heterocycles. The number of aromatic amines is 2. The lowest BCUT2D eigenvalue weighted by Crippen LogP contribution is -2.41. The molecule has 139 heavy (non-hydrogen) atoms. The molecule has 9 N–H and O–H groups in total. The van der Waals surface area contributed by atoms with E-state index >= 15 is 0 Å². The summed E-state index contributed by atoms with van der Waals surface area (Å²) >= 11 is 39.6. The topological polar surface area (TPSA) is 406 Å². The van der Waals surface area contributed by atoms with Crippen LogP contribution in [0.4, 0.5) is 0 Å². The molecular weight excluding hydrogens is 2220 g/mol. The first kappa shape index (κ1) is 120. The summed E-state index contributed by atoms with van der Waals surface area (Å²) in [6.07, 6.45) is 19.0. The Balaban J connectivity index is 0.000000252. The molecule has 0 radical (unpaired) electrons. The number of hydrogen-bond acceptors (Lipinski definition) is 23. The molecule has 0 unspecified atom stereocenters. The highest BCUT2D eigenvalue weighted by Gasteiger charge is 2.52. The first-order valence-corrected chi connectivity index (χ1v) is 49.3. The molecule has 0 bridgehead atoms. The molecule has 0 atom stereocenters. The van der Waals surface area contributed by atoms with E-state index in [2.05, 4.69) is 262 Å². The van der Waals surface area contributed by atoms with Gasteiger partial charge in [-0.2, -0.15) is 0 Å². The molecule has 3 saturated heterocycles. The smallest absolute Gasteiger partial charge is 0.478 e. The molecule has 31 nitrogen and oxygen atoms in total. The number of piperidine rings is 2. The molecule has 0 spiro atoms. The molecule has 43 heteroatoms. The van der Waals surface area contributed by atoms with E-state index in [9.17, 15) is 19.5 Å². The lowest BCUT2D eigenvalue weighted by Gasteiger charge is -2.32. The predicted octanol–water partition coefficient (Wildman–Crippen LogP) is 20.5.